The third kappa shape index (κ3) is 2.88. The molecule has 0 aromatic heterocycles. The molecule has 0 bridgehead atoms. The van der Waals surface area contributed by atoms with Gasteiger partial charge in [0.25, 0.3) is 0 Å². The lowest BCUT2D eigenvalue weighted by molar-refractivity contribution is -0.387. The van der Waals surface area contributed by atoms with Gasteiger partial charge in [0.2, 0.25) is 5.82 Å². The van der Waals surface area contributed by atoms with Gasteiger partial charge in [0.1, 0.15) is 0 Å². The van der Waals surface area contributed by atoms with Gasteiger partial charge in [-0.15, -0.1) is 0 Å². The molecule has 5 nitrogen and oxygen atoms in total. The van der Waals surface area contributed by atoms with Gasteiger partial charge >= 0.3 is 11.7 Å². The van der Waals surface area contributed by atoms with Gasteiger partial charge in [0, 0.05) is 12.1 Å². The number of esters is 1. The maximum Gasteiger partial charge on any atom is 0.330 e. The summed E-state index contributed by atoms with van der Waals surface area (Å²) < 4.78 is 17.5. The van der Waals surface area contributed by atoms with E-state index in [9.17, 15) is 19.3 Å². The molecule has 1 aromatic carbocycles. The van der Waals surface area contributed by atoms with Gasteiger partial charge in [0.05, 0.1) is 12.0 Å². The second-order valence-electron chi connectivity index (χ2n) is 2.82. The molecule has 0 saturated heterocycles. The summed E-state index contributed by atoms with van der Waals surface area (Å²) in [7, 11) is 1.21. The van der Waals surface area contributed by atoms with Crippen LogP contribution < -0.4 is 0 Å². The lowest BCUT2D eigenvalue weighted by atomic mass is 10.2. The molecular formula is C10H8FNO4. The topological polar surface area (TPSA) is 69.4 Å². The molecule has 16 heavy (non-hydrogen) atoms. The normalized spacial score (nSPS) is 10.4. The van der Waals surface area contributed by atoms with Crippen molar-refractivity contribution in [3.8, 4) is 0 Å². The molecular weight excluding hydrogens is 217 g/mol. The quantitative estimate of drug-likeness (QED) is 0.341. The van der Waals surface area contributed by atoms with Crippen molar-refractivity contribution in [1.82, 2.24) is 0 Å². The van der Waals surface area contributed by atoms with E-state index < -0.39 is 22.4 Å². The van der Waals surface area contributed by atoms with E-state index in [1.54, 1.807) is 0 Å². The molecule has 0 aliphatic heterocycles. The van der Waals surface area contributed by atoms with Gasteiger partial charge in [0.15, 0.2) is 0 Å². The van der Waals surface area contributed by atoms with Crippen molar-refractivity contribution in [1.29, 1.82) is 0 Å². The zero-order valence-corrected chi connectivity index (χ0v) is 8.34. The molecule has 0 atom stereocenters. The number of nitro benzene ring substituents is 1. The first-order valence-corrected chi connectivity index (χ1v) is 4.24. The van der Waals surface area contributed by atoms with Gasteiger partial charge in [-0.05, 0) is 23.8 Å². The predicted octanol–water partition coefficient (Wildman–Crippen LogP) is 1.92. The molecule has 1 aromatic rings. The number of rotatable bonds is 3. The first kappa shape index (κ1) is 11.8. The van der Waals surface area contributed by atoms with E-state index in [1.165, 1.54) is 19.3 Å². The molecule has 0 radical (unpaired) electrons. The Morgan fingerprint density at radius 1 is 1.56 bits per heavy atom. The molecule has 0 unspecified atom stereocenters. The summed E-state index contributed by atoms with van der Waals surface area (Å²) in [5.74, 6) is -1.53. The van der Waals surface area contributed by atoms with Crippen molar-refractivity contribution in [2.24, 2.45) is 0 Å². The van der Waals surface area contributed by atoms with Gasteiger partial charge in [-0.2, -0.15) is 4.39 Å². The van der Waals surface area contributed by atoms with Crippen LogP contribution in [-0.2, 0) is 9.53 Å². The minimum Gasteiger partial charge on any atom is -0.466 e. The fourth-order valence-electron chi connectivity index (χ4n) is 1.01. The highest BCUT2D eigenvalue weighted by atomic mass is 19.1. The van der Waals surface area contributed by atoms with Crippen LogP contribution in [-0.4, -0.2) is 18.0 Å². The van der Waals surface area contributed by atoms with Crippen molar-refractivity contribution in [2.45, 2.75) is 0 Å². The van der Waals surface area contributed by atoms with Gasteiger partial charge in [-0.25, -0.2) is 4.79 Å². The lowest BCUT2D eigenvalue weighted by Gasteiger charge is -1.96. The maximum atomic E-state index is 13.1. The van der Waals surface area contributed by atoms with Crippen molar-refractivity contribution in [3.63, 3.8) is 0 Å². The number of ether oxygens (including phenoxy) is 1. The van der Waals surface area contributed by atoms with E-state index in [-0.39, 0.29) is 0 Å². The SMILES string of the molecule is COC(=O)C=Cc1ccc([N+](=O)[O-])c(F)c1. The van der Waals surface area contributed by atoms with Gasteiger partial charge in [-0.1, -0.05) is 0 Å². The highest BCUT2D eigenvalue weighted by Gasteiger charge is 2.12. The molecule has 0 saturated carbocycles. The number of hydrogen-bond acceptors (Lipinski definition) is 4. The van der Waals surface area contributed by atoms with E-state index in [2.05, 4.69) is 4.74 Å². The number of methoxy groups -OCH3 is 1. The first-order valence-electron chi connectivity index (χ1n) is 4.24. The summed E-state index contributed by atoms with van der Waals surface area (Å²) in [5.41, 5.74) is -0.260. The molecule has 0 N–H and O–H groups in total. The molecule has 6 heteroatoms. The Morgan fingerprint density at radius 3 is 2.75 bits per heavy atom. The fourth-order valence-corrected chi connectivity index (χ4v) is 1.01. The van der Waals surface area contributed by atoms with E-state index >= 15 is 0 Å². The van der Waals surface area contributed by atoms with E-state index in [1.807, 2.05) is 0 Å². The molecule has 1 rings (SSSR count). The number of hydrogen-bond donors (Lipinski definition) is 0. The summed E-state index contributed by atoms with van der Waals surface area (Å²) in [4.78, 5) is 20.2. The Hall–Kier alpha value is -2.24. The fraction of sp³-hybridized carbons (Fsp3) is 0.100. The summed E-state index contributed by atoms with van der Waals surface area (Å²) in [6.07, 6.45) is 2.40. The zero-order chi connectivity index (χ0) is 12.1. The number of benzene rings is 1. The standard InChI is InChI=1S/C10H8FNO4/c1-16-10(13)5-3-7-2-4-9(12(14)15)8(11)6-7/h2-6H,1H3. The monoisotopic (exact) mass is 225 g/mol. The molecule has 0 spiro atoms. The maximum absolute atomic E-state index is 13.1. The summed E-state index contributed by atoms with van der Waals surface area (Å²) in [6, 6.07) is 3.34. The smallest absolute Gasteiger partial charge is 0.330 e. The number of carbonyl (C=O) groups is 1. The largest absolute Gasteiger partial charge is 0.466 e. The van der Waals surface area contributed by atoms with Crippen LogP contribution in [0.15, 0.2) is 24.3 Å². The Balaban J connectivity index is 2.94. The Morgan fingerprint density at radius 2 is 2.25 bits per heavy atom. The second-order valence-corrected chi connectivity index (χ2v) is 2.82. The molecule has 0 aliphatic rings. The van der Waals surface area contributed by atoms with Crippen LogP contribution in [0.2, 0.25) is 0 Å². The zero-order valence-electron chi connectivity index (χ0n) is 8.34. The molecule has 0 amide bonds. The van der Waals surface area contributed by atoms with Gasteiger partial charge < -0.3 is 4.74 Å². The van der Waals surface area contributed by atoms with Crippen LogP contribution in [0.25, 0.3) is 6.08 Å². The summed E-state index contributed by atoms with van der Waals surface area (Å²) in [5, 5.41) is 10.3. The molecule has 0 aliphatic carbocycles. The van der Waals surface area contributed by atoms with Gasteiger partial charge in [-0.3, -0.25) is 10.1 Å². The Labute approximate surface area is 90.3 Å². The van der Waals surface area contributed by atoms with Crippen LogP contribution >= 0.6 is 0 Å². The lowest BCUT2D eigenvalue weighted by Crippen LogP contribution is -1.94. The average molecular weight is 225 g/mol. The molecule has 0 heterocycles. The van der Waals surface area contributed by atoms with Crippen LogP contribution in [0.4, 0.5) is 10.1 Å². The number of nitro groups is 1. The van der Waals surface area contributed by atoms with Crippen LogP contribution in [0, 0.1) is 15.9 Å². The van der Waals surface area contributed by atoms with Crippen LogP contribution in [0.3, 0.4) is 0 Å². The van der Waals surface area contributed by atoms with E-state index in [0.717, 1.165) is 18.2 Å². The average Bonchev–Trinajstić information content (AvgIpc) is 2.25. The predicted molar refractivity (Wildman–Crippen MR) is 54.1 cm³/mol. The van der Waals surface area contributed by atoms with E-state index in [0.29, 0.717) is 5.56 Å². The van der Waals surface area contributed by atoms with Crippen LogP contribution in [0.1, 0.15) is 5.56 Å². The van der Waals surface area contributed by atoms with Crippen molar-refractivity contribution >= 4 is 17.7 Å². The first-order chi connectivity index (χ1) is 7.54. The highest BCUT2D eigenvalue weighted by molar-refractivity contribution is 5.86. The number of nitrogens with zero attached hydrogens (tertiary/aromatic N) is 1. The number of carbonyl (C=O) groups excluding carboxylic acids is 1. The van der Waals surface area contributed by atoms with Crippen molar-refractivity contribution in [2.75, 3.05) is 7.11 Å². The van der Waals surface area contributed by atoms with Crippen molar-refractivity contribution in [3.05, 3.63) is 45.8 Å². The Bertz CT molecular complexity index is 456. The van der Waals surface area contributed by atoms with Crippen LogP contribution in [0.5, 0.6) is 0 Å². The van der Waals surface area contributed by atoms with E-state index in [4.69, 9.17) is 0 Å². The summed E-state index contributed by atoms with van der Waals surface area (Å²) in [6.45, 7) is 0. The highest BCUT2D eigenvalue weighted by Crippen LogP contribution is 2.18. The van der Waals surface area contributed by atoms with Crippen molar-refractivity contribution < 1.29 is 18.8 Å². The minimum atomic E-state index is -0.947. The summed E-state index contributed by atoms with van der Waals surface area (Å²) >= 11 is 0. The molecule has 0 fully saturated rings. The number of halogens is 1. The third-order valence-corrected chi connectivity index (χ3v) is 1.78. The molecule has 84 valence electrons. The minimum absolute atomic E-state index is 0.341. The third-order valence-electron chi connectivity index (χ3n) is 1.78. The second kappa shape index (κ2) is 5.01. The Kier molecular flexibility index (Phi) is 3.71.